The molecule has 1 heterocycles. The van der Waals surface area contributed by atoms with Gasteiger partial charge in [-0.2, -0.15) is 0 Å². The molecular weight excluding hydrogens is 482 g/mol. The maximum absolute atomic E-state index is 13.3. The van der Waals surface area contributed by atoms with Crippen molar-refractivity contribution in [3.63, 3.8) is 0 Å². The van der Waals surface area contributed by atoms with Crippen molar-refractivity contribution in [2.24, 2.45) is 11.3 Å². The van der Waals surface area contributed by atoms with Gasteiger partial charge in [-0.25, -0.2) is 0 Å². The molecular formula is C30H41N3O5. The summed E-state index contributed by atoms with van der Waals surface area (Å²) in [7, 11) is 0. The van der Waals surface area contributed by atoms with E-state index in [9.17, 15) is 24.6 Å². The molecule has 8 heteroatoms. The van der Waals surface area contributed by atoms with Gasteiger partial charge in [0.1, 0.15) is 5.75 Å². The molecule has 3 rings (SSSR count). The Balaban J connectivity index is 1.73. The van der Waals surface area contributed by atoms with E-state index in [1.54, 1.807) is 17.9 Å². The maximum atomic E-state index is 13.3. The summed E-state index contributed by atoms with van der Waals surface area (Å²) >= 11 is 0. The number of nitrogens with one attached hydrogen (secondary N) is 2. The lowest BCUT2D eigenvalue weighted by atomic mass is 9.91. The summed E-state index contributed by atoms with van der Waals surface area (Å²) in [4.78, 5) is 39.7. The highest BCUT2D eigenvalue weighted by molar-refractivity contribution is 5.99. The van der Waals surface area contributed by atoms with Crippen LogP contribution < -0.4 is 15.5 Å². The predicted molar refractivity (Wildman–Crippen MR) is 148 cm³/mol. The number of hydrogen-bond donors (Lipinski definition) is 4. The standard InChI is InChI=1S/C30H41N3O5/c1-20(28(37)31-13-12-30(2,3)4)15-26(35)25(16-21-9-6-5-7-10-21)32-29(38)22-17-23(19-24(34)18-22)33-14-8-11-27(33)36/h5-7,9-10,17-20,25-26,34-35H,8,11-16H2,1-4H3,(H,31,37)(H,32,38). The van der Waals surface area contributed by atoms with Crippen LogP contribution in [0.3, 0.4) is 0 Å². The van der Waals surface area contributed by atoms with Crippen molar-refractivity contribution in [1.29, 1.82) is 0 Å². The molecule has 2 aromatic carbocycles. The van der Waals surface area contributed by atoms with E-state index in [-0.39, 0.29) is 35.0 Å². The number of carbonyl (C=O) groups excluding carboxylic acids is 3. The lowest BCUT2D eigenvalue weighted by Gasteiger charge is -2.27. The Morgan fingerprint density at radius 1 is 1.11 bits per heavy atom. The van der Waals surface area contributed by atoms with Crippen LogP contribution in [-0.2, 0) is 16.0 Å². The zero-order chi connectivity index (χ0) is 27.9. The molecule has 1 aliphatic rings. The highest BCUT2D eigenvalue weighted by Crippen LogP contribution is 2.27. The van der Waals surface area contributed by atoms with Gasteiger partial charge in [-0.15, -0.1) is 0 Å². The second kappa shape index (κ2) is 12.9. The third-order valence-electron chi connectivity index (χ3n) is 6.85. The van der Waals surface area contributed by atoms with Gasteiger partial charge >= 0.3 is 0 Å². The predicted octanol–water partition coefficient (Wildman–Crippen LogP) is 3.80. The number of hydrogen-bond acceptors (Lipinski definition) is 5. The Kier molecular flexibility index (Phi) is 9.91. The Morgan fingerprint density at radius 2 is 1.82 bits per heavy atom. The van der Waals surface area contributed by atoms with E-state index >= 15 is 0 Å². The number of aliphatic hydroxyl groups excluding tert-OH is 1. The molecule has 4 N–H and O–H groups in total. The fraction of sp³-hybridized carbons (Fsp3) is 0.500. The number of anilines is 1. The third kappa shape index (κ3) is 8.58. The monoisotopic (exact) mass is 523 g/mol. The molecule has 0 saturated carbocycles. The first-order valence-electron chi connectivity index (χ1n) is 13.4. The molecule has 8 nitrogen and oxygen atoms in total. The number of nitrogens with zero attached hydrogens (tertiary/aromatic N) is 1. The summed E-state index contributed by atoms with van der Waals surface area (Å²) in [6.07, 6.45) is 1.55. The first kappa shape index (κ1) is 29.2. The van der Waals surface area contributed by atoms with Gasteiger partial charge in [0.15, 0.2) is 0 Å². The molecule has 0 spiro atoms. The molecule has 3 unspecified atom stereocenters. The number of aromatic hydroxyl groups is 1. The Bertz CT molecular complexity index is 1110. The SMILES string of the molecule is CC(CC(O)C(Cc1ccccc1)NC(=O)c1cc(O)cc(N2CCCC2=O)c1)C(=O)NCCC(C)(C)C. The number of phenols is 1. The first-order chi connectivity index (χ1) is 17.9. The van der Waals surface area contributed by atoms with E-state index in [0.717, 1.165) is 18.4 Å². The minimum Gasteiger partial charge on any atom is -0.508 e. The number of amides is 3. The molecule has 0 radical (unpaired) electrons. The van der Waals surface area contributed by atoms with E-state index < -0.39 is 24.0 Å². The molecule has 2 aromatic rings. The third-order valence-corrected chi connectivity index (χ3v) is 6.85. The minimum absolute atomic E-state index is 0.0471. The second-order valence-electron chi connectivity index (χ2n) is 11.5. The van der Waals surface area contributed by atoms with Crippen molar-refractivity contribution in [2.45, 2.75) is 71.9 Å². The summed E-state index contributed by atoms with van der Waals surface area (Å²) in [5.74, 6) is -1.22. The maximum Gasteiger partial charge on any atom is 0.251 e. The lowest BCUT2D eigenvalue weighted by Crippen LogP contribution is -2.46. The van der Waals surface area contributed by atoms with Gasteiger partial charge in [0.2, 0.25) is 11.8 Å². The number of benzene rings is 2. The average Bonchev–Trinajstić information content (AvgIpc) is 3.28. The van der Waals surface area contributed by atoms with E-state index in [1.807, 2.05) is 30.3 Å². The fourth-order valence-corrected chi connectivity index (χ4v) is 4.57. The van der Waals surface area contributed by atoms with Crippen LogP contribution in [0, 0.1) is 11.3 Å². The summed E-state index contributed by atoms with van der Waals surface area (Å²) in [5, 5.41) is 27.3. The average molecular weight is 524 g/mol. The molecule has 3 atom stereocenters. The van der Waals surface area contributed by atoms with Gasteiger partial charge < -0.3 is 25.7 Å². The van der Waals surface area contributed by atoms with Crippen LogP contribution in [0.5, 0.6) is 5.75 Å². The van der Waals surface area contributed by atoms with Crippen LogP contribution in [0.15, 0.2) is 48.5 Å². The zero-order valence-corrected chi connectivity index (χ0v) is 22.9. The number of rotatable bonds is 11. The van der Waals surface area contributed by atoms with Crippen molar-refractivity contribution < 1.29 is 24.6 Å². The molecule has 206 valence electrons. The molecule has 3 amide bonds. The van der Waals surface area contributed by atoms with Crippen molar-refractivity contribution in [3.8, 4) is 5.75 Å². The van der Waals surface area contributed by atoms with E-state index in [2.05, 4.69) is 31.4 Å². The zero-order valence-electron chi connectivity index (χ0n) is 22.9. The molecule has 0 bridgehead atoms. The number of aliphatic hydroxyl groups is 1. The van der Waals surface area contributed by atoms with Crippen LogP contribution in [-0.4, -0.2) is 53.2 Å². The van der Waals surface area contributed by atoms with Crippen LogP contribution in [0.1, 0.15) is 69.3 Å². The molecule has 1 saturated heterocycles. The second-order valence-corrected chi connectivity index (χ2v) is 11.5. The summed E-state index contributed by atoms with van der Waals surface area (Å²) in [6, 6.07) is 13.2. The van der Waals surface area contributed by atoms with Gasteiger partial charge in [0, 0.05) is 42.7 Å². The van der Waals surface area contributed by atoms with Crippen LogP contribution in [0.2, 0.25) is 0 Å². The van der Waals surface area contributed by atoms with Crippen LogP contribution >= 0.6 is 0 Å². The largest absolute Gasteiger partial charge is 0.508 e. The van der Waals surface area contributed by atoms with Crippen LogP contribution in [0.25, 0.3) is 0 Å². The lowest BCUT2D eigenvalue weighted by molar-refractivity contribution is -0.125. The van der Waals surface area contributed by atoms with Crippen molar-refractivity contribution in [3.05, 3.63) is 59.7 Å². The molecule has 1 aliphatic heterocycles. The molecule has 0 aliphatic carbocycles. The van der Waals surface area contributed by atoms with E-state index in [4.69, 9.17) is 0 Å². The van der Waals surface area contributed by atoms with Gasteiger partial charge in [-0.3, -0.25) is 14.4 Å². The van der Waals surface area contributed by atoms with E-state index in [0.29, 0.717) is 31.6 Å². The van der Waals surface area contributed by atoms with Crippen molar-refractivity contribution in [2.75, 3.05) is 18.0 Å². The Labute approximate surface area is 225 Å². The number of carbonyl (C=O) groups is 3. The molecule has 1 fully saturated rings. The van der Waals surface area contributed by atoms with Crippen molar-refractivity contribution >= 4 is 23.4 Å². The molecule has 0 aromatic heterocycles. The Hall–Kier alpha value is -3.39. The van der Waals surface area contributed by atoms with Gasteiger partial charge in [0.05, 0.1) is 12.1 Å². The highest BCUT2D eigenvalue weighted by Gasteiger charge is 2.28. The van der Waals surface area contributed by atoms with Crippen molar-refractivity contribution in [1.82, 2.24) is 10.6 Å². The quantitative estimate of drug-likeness (QED) is 0.357. The summed E-state index contributed by atoms with van der Waals surface area (Å²) in [5.41, 5.74) is 1.70. The highest BCUT2D eigenvalue weighted by atomic mass is 16.3. The van der Waals surface area contributed by atoms with E-state index in [1.165, 1.54) is 12.1 Å². The van der Waals surface area contributed by atoms with Gasteiger partial charge in [-0.05, 0) is 48.8 Å². The summed E-state index contributed by atoms with van der Waals surface area (Å²) in [6.45, 7) is 9.21. The summed E-state index contributed by atoms with van der Waals surface area (Å²) < 4.78 is 0. The van der Waals surface area contributed by atoms with Gasteiger partial charge in [-0.1, -0.05) is 58.0 Å². The Morgan fingerprint density at radius 3 is 2.45 bits per heavy atom. The normalized spacial score (nSPS) is 16.1. The first-order valence-corrected chi connectivity index (χ1v) is 13.4. The number of phenolic OH excluding ortho intramolecular Hbond substituents is 1. The van der Waals surface area contributed by atoms with Crippen LogP contribution in [0.4, 0.5) is 5.69 Å². The molecule has 38 heavy (non-hydrogen) atoms. The fourth-order valence-electron chi connectivity index (χ4n) is 4.57. The van der Waals surface area contributed by atoms with Gasteiger partial charge in [0.25, 0.3) is 5.91 Å². The smallest absolute Gasteiger partial charge is 0.251 e. The minimum atomic E-state index is -0.987. The topological polar surface area (TPSA) is 119 Å².